The average Bonchev–Trinajstić information content (AvgIpc) is 2.89. The minimum absolute atomic E-state index is 0.183. The van der Waals surface area contributed by atoms with E-state index in [4.69, 9.17) is 4.74 Å². The van der Waals surface area contributed by atoms with E-state index in [2.05, 4.69) is 68.0 Å². The zero-order valence-electron chi connectivity index (χ0n) is 19.5. The Labute approximate surface area is 197 Å². The van der Waals surface area contributed by atoms with Crippen molar-refractivity contribution in [2.75, 3.05) is 38.6 Å². The van der Waals surface area contributed by atoms with Crippen molar-refractivity contribution in [1.29, 1.82) is 0 Å². The monoisotopic (exact) mass is 445 g/mol. The Bertz CT molecular complexity index is 947. The Morgan fingerprint density at radius 1 is 0.909 bits per heavy atom. The Balaban J connectivity index is 1.56. The van der Waals surface area contributed by atoms with Crippen LogP contribution in [0.5, 0.6) is 5.75 Å². The molecule has 3 aromatic rings. The highest BCUT2D eigenvalue weighted by molar-refractivity contribution is 5.33. The van der Waals surface area contributed by atoms with Crippen LogP contribution in [-0.2, 0) is 6.54 Å². The molecule has 33 heavy (non-hydrogen) atoms. The van der Waals surface area contributed by atoms with Gasteiger partial charge in [0.2, 0.25) is 5.95 Å². The van der Waals surface area contributed by atoms with E-state index in [1.54, 1.807) is 19.5 Å². The quantitative estimate of drug-likeness (QED) is 0.458. The van der Waals surface area contributed by atoms with Crippen molar-refractivity contribution in [2.24, 2.45) is 0 Å². The Morgan fingerprint density at radius 2 is 1.64 bits per heavy atom. The van der Waals surface area contributed by atoms with E-state index in [1.807, 2.05) is 18.2 Å². The fraction of sp³-hybridized carbons (Fsp3) is 0.407. The molecule has 4 rings (SSSR count). The van der Waals surface area contributed by atoms with Crippen LogP contribution in [0.4, 0.5) is 5.95 Å². The predicted molar refractivity (Wildman–Crippen MR) is 134 cm³/mol. The molecule has 0 bridgehead atoms. The molecule has 1 fully saturated rings. The molecular formula is C27H35N5O. The summed E-state index contributed by atoms with van der Waals surface area (Å²) in [5.74, 6) is 1.90. The van der Waals surface area contributed by atoms with Crippen molar-refractivity contribution >= 4 is 5.95 Å². The van der Waals surface area contributed by atoms with Crippen molar-refractivity contribution in [2.45, 2.75) is 37.8 Å². The summed E-state index contributed by atoms with van der Waals surface area (Å²) >= 11 is 0. The van der Waals surface area contributed by atoms with Crippen LogP contribution in [0.15, 0.2) is 73.1 Å². The van der Waals surface area contributed by atoms with Crippen molar-refractivity contribution < 1.29 is 4.74 Å². The van der Waals surface area contributed by atoms with Gasteiger partial charge in [0.1, 0.15) is 5.75 Å². The first-order valence-electron chi connectivity index (χ1n) is 12.0. The maximum Gasteiger partial charge on any atom is 0.222 e. The van der Waals surface area contributed by atoms with Gasteiger partial charge in [-0.1, -0.05) is 55.0 Å². The van der Waals surface area contributed by atoms with E-state index >= 15 is 0 Å². The third-order valence-electron chi connectivity index (χ3n) is 6.41. The topological polar surface area (TPSA) is 62.3 Å². The summed E-state index contributed by atoms with van der Waals surface area (Å²) in [4.78, 5) is 11.4. The minimum Gasteiger partial charge on any atom is -0.496 e. The number of benzene rings is 2. The summed E-state index contributed by atoms with van der Waals surface area (Å²) < 4.78 is 5.59. The first-order valence-corrected chi connectivity index (χ1v) is 12.0. The number of ether oxygens (including phenoxy) is 1. The lowest BCUT2D eigenvalue weighted by atomic mass is 9.89. The number of nitrogens with zero attached hydrogens (tertiary/aromatic N) is 3. The van der Waals surface area contributed by atoms with Gasteiger partial charge in [0.25, 0.3) is 0 Å². The van der Waals surface area contributed by atoms with E-state index in [9.17, 15) is 0 Å². The number of likely N-dealkylation sites (tertiary alicyclic amines) is 1. The molecule has 2 aromatic carbocycles. The highest BCUT2D eigenvalue weighted by Gasteiger charge is 2.26. The molecule has 2 heterocycles. The number of aromatic nitrogens is 2. The standard InChI is InChI=1S/C27H35N5O/c1-33-26-14-7-6-13-23(26)19-30-25(20-31-27-28-15-10-16-29-27)24(22-11-4-2-5-12-22)21-32-17-8-3-9-18-32/h2,4-7,10-16,24-25,30H,3,8-9,17-21H2,1H3,(H,28,29,31). The van der Waals surface area contributed by atoms with Gasteiger partial charge in [0.05, 0.1) is 7.11 Å². The third kappa shape index (κ3) is 6.76. The summed E-state index contributed by atoms with van der Waals surface area (Å²) in [7, 11) is 1.73. The van der Waals surface area contributed by atoms with Gasteiger partial charge in [-0.05, 0) is 43.6 Å². The number of methoxy groups -OCH3 is 1. The molecular weight excluding hydrogens is 410 g/mol. The van der Waals surface area contributed by atoms with Crippen molar-refractivity contribution in [1.82, 2.24) is 20.2 Å². The second-order valence-electron chi connectivity index (χ2n) is 8.63. The summed E-state index contributed by atoms with van der Waals surface area (Å²) in [5, 5.41) is 7.31. The lowest BCUT2D eigenvalue weighted by Gasteiger charge is -2.35. The summed E-state index contributed by atoms with van der Waals surface area (Å²) in [5.41, 5.74) is 2.52. The molecule has 2 unspecified atom stereocenters. The number of para-hydroxylation sites is 1. The molecule has 6 nitrogen and oxygen atoms in total. The molecule has 0 aliphatic carbocycles. The molecule has 0 saturated carbocycles. The predicted octanol–water partition coefficient (Wildman–Crippen LogP) is 4.33. The zero-order valence-corrected chi connectivity index (χ0v) is 19.5. The number of hydrogen-bond donors (Lipinski definition) is 2. The molecule has 6 heteroatoms. The lowest BCUT2D eigenvalue weighted by Crippen LogP contribution is -2.45. The normalized spacial score (nSPS) is 16.2. The third-order valence-corrected chi connectivity index (χ3v) is 6.41. The molecule has 1 aliphatic heterocycles. The molecule has 2 atom stereocenters. The van der Waals surface area contributed by atoms with Crippen LogP contribution in [-0.4, -0.2) is 54.2 Å². The largest absolute Gasteiger partial charge is 0.496 e. The maximum absolute atomic E-state index is 5.59. The zero-order chi connectivity index (χ0) is 22.7. The van der Waals surface area contributed by atoms with E-state index < -0.39 is 0 Å². The van der Waals surface area contributed by atoms with E-state index in [-0.39, 0.29) is 6.04 Å². The first kappa shape index (κ1) is 23.2. The lowest BCUT2D eigenvalue weighted by molar-refractivity contribution is 0.202. The molecule has 1 aromatic heterocycles. The van der Waals surface area contributed by atoms with Crippen LogP contribution in [0.3, 0.4) is 0 Å². The van der Waals surface area contributed by atoms with Crippen LogP contribution in [0.1, 0.15) is 36.3 Å². The smallest absolute Gasteiger partial charge is 0.222 e. The Kier molecular flexibility index (Phi) is 8.67. The maximum atomic E-state index is 5.59. The molecule has 0 spiro atoms. The number of hydrogen-bond acceptors (Lipinski definition) is 6. The summed E-state index contributed by atoms with van der Waals surface area (Å²) in [6.07, 6.45) is 7.47. The number of piperidine rings is 1. The van der Waals surface area contributed by atoms with Crippen LogP contribution in [0, 0.1) is 0 Å². The second kappa shape index (κ2) is 12.3. The molecule has 1 saturated heterocycles. The number of nitrogens with one attached hydrogen (secondary N) is 2. The average molecular weight is 446 g/mol. The molecule has 1 aliphatic rings. The van der Waals surface area contributed by atoms with Crippen LogP contribution in [0.2, 0.25) is 0 Å². The highest BCUT2D eigenvalue weighted by atomic mass is 16.5. The van der Waals surface area contributed by atoms with Crippen LogP contribution in [0.25, 0.3) is 0 Å². The SMILES string of the molecule is COc1ccccc1CNC(CNc1ncccn1)C(CN1CCCCC1)c1ccccc1. The van der Waals surface area contributed by atoms with Crippen molar-refractivity contribution in [3.8, 4) is 5.75 Å². The van der Waals surface area contributed by atoms with Gasteiger partial charge in [-0.25, -0.2) is 9.97 Å². The second-order valence-corrected chi connectivity index (χ2v) is 8.63. The molecule has 0 radical (unpaired) electrons. The fourth-order valence-corrected chi connectivity index (χ4v) is 4.62. The van der Waals surface area contributed by atoms with Gasteiger partial charge in [-0.15, -0.1) is 0 Å². The van der Waals surface area contributed by atoms with Gasteiger partial charge in [-0.2, -0.15) is 0 Å². The Hall–Kier alpha value is -2.96. The minimum atomic E-state index is 0.183. The van der Waals surface area contributed by atoms with Gasteiger partial charge in [-0.3, -0.25) is 0 Å². The van der Waals surface area contributed by atoms with Gasteiger partial charge in [0.15, 0.2) is 0 Å². The van der Waals surface area contributed by atoms with Gasteiger partial charge < -0.3 is 20.3 Å². The highest BCUT2D eigenvalue weighted by Crippen LogP contribution is 2.25. The van der Waals surface area contributed by atoms with Crippen LogP contribution < -0.4 is 15.4 Å². The van der Waals surface area contributed by atoms with Gasteiger partial charge >= 0.3 is 0 Å². The fourth-order valence-electron chi connectivity index (χ4n) is 4.62. The Morgan fingerprint density at radius 3 is 2.39 bits per heavy atom. The van der Waals surface area contributed by atoms with Crippen molar-refractivity contribution in [3.63, 3.8) is 0 Å². The summed E-state index contributed by atoms with van der Waals surface area (Å²) in [6.45, 7) is 4.85. The molecule has 174 valence electrons. The van der Waals surface area contributed by atoms with E-state index in [0.29, 0.717) is 11.9 Å². The van der Waals surface area contributed by atoms with E-state index in [1.165, 1.54) is 37.9 Å². The van der Waals surface area contributed by atoms with Crippen molar-refractivity contribution in [3.05, 3.63) is 84.2 Å². The van der Waals surface area contributed by atoms with Crippen LogP contribution >= 0.6 is 0 Å². The molecule has 2 N–H and O–H groups in total. The first-order chi connectivity index (χ1) is 16.3. The van der Waals surface area contributed by atoms with E-state index in [0.717, 1.165) is 30.9 Å². The van der Waals surface area contributed by atoms with Gasteiger partial charge in [0, 0.05) is 49.6 Å². The number of anilines is 1. The molecule has 0 amide bonds. The summed E-state index contributed by atoms with van der Waals surface area (Å²) in [6, 6.07) is 21.1. The number of rotatable bonds is 11.